The number of fused-ring (bicyclic) bond motifs is 1. The maximum Gasteiger partial charge on any atom is 0.268 e. The summed E-state index contributed by atoms with van der Waals surface area (Å²) >= 11 is 6.17. The first kappa shape index (κ1) is 15.2. The van der Waals surface area contributed by atoms with E-state index in [9.17, 15) is 10.3 Å². The molecule has 1 atom stereocenters. The van der Waals surface area contributed by atoms with Crippen molar-refractivity contribution in [1.29, 1.82) is 0 Å². The third-order valence-corrected chi connectivity index (χ3v) is 4.74. The lowest BCUT2D eigenvalue weighted by Crippen LogP contribution is -2.41. The van der Waals surface area contributed by atoms with Crippen molar-refractivity contribution in [2.24, 2.45) is 0 Å². The molecule has 0 saturated heterocycles. The minimum atomic E-state index is -1.02. The number of nitrogens with zero attached hydrogens (tertiary/aromatic N) is 2. The van der Waals surface area contributed by atoms with Crippen LogP contribution in [0.25, 0.3) is 22.5 Å². The SMILES string of the molecule is CC1(O)CCc2cc(-c3cc(Cl)ccc3-c3cnco3)c[n+](O)c21. The number of halogens is 1. The topological polar surface area (TPSA) is 70.4 Å². The van der Waals surface area contributed by atoms with Gasteiger partial charge in [0.15, 0.2) is 17.8 Å². The second-order valence-corrected chi connectivity index (χ2v) is 6.71. The highest BCUT2D eigenvalue weighted by Gasteiger charge is 2.42. The van der Waals surface area contributed by atoms with E-state index in [0.29, 0.717) is 29.3 Å². The van der Waals surface area contributed by atoms with Crippen LogP contribution in [0.1, 0.15) is 24.6 Å². The lowest BCUT2D eigenvalue weighted by Gasteiger charge is -2.13. The number of oxazole rings is 1. The Balaban J connectivity index is 1.92. The van der Waals surface area contributed by atoms with Gasteiger partial charge in [0.2, 0.25) is 6.20 Å². The largest absolute Gasteiger partial charge is 0.443 e. The standard InChI is InChI=1S/C18H16ClN2O3/c1-18(22)5-4-11-6-12(9-21(23)17(11)18)15-7-13(19)2-3-14(15)16-8-20-10-24-16/h2-3,6-10,22-23H,4-5H2,1H3/q+1. The van der Waals surface area contributed by atoms with Gasteiger partial charge in [-0.3, -0.25) is 5.21 Å². The van der Waals surface area contributed by atoms with Crippen molar-refractivity contribution < 1.29 is 19.5 Å². The minimum absolute atomic E-state index is 0.537. The molecular weight excluding hydrogens is 328 g/mol. The maximum absolute atomic E-state index is 10.4. The molecule has 4 rings (SSSR count). The van der Waals surface area contributed by atoms with Crippen molar-refractivity contribution >= 4 is 11.6 Å². The number of pyridine rings is 1. The molecular formula is C18H16ClN2O3+. The molecule has 24 heavy (non-hydrogen) atoms. The molecule has 0 amide bonds. The lowest BCUT2D eigenvalue weighted by molar-refractivity contribution is -0.912. The zero-order valence-electron chi connectivity index (χ0n) is 13.0. The molecule has 6 heteroatoms. The van der Waals surface area contributed by atoms with Crippen LogP contribution < -0.4 is 4.73 Å². The van der Waals surface area contributed by atoms with Gasteiger partial charge in [-0.1, -0.05) is 11.6 Å². The van der Waals surface area contributed by atoms with Gasteiger partial charge >= 0.3 is 0 Å². The Bertz CT molecular complexity index is 920. The van der Waals surface area contributed by atoms with Gasteiger partial charge in [-0.25, -0.2) is 4.98 Å². The fourth-order valence-electron chi connectivity index (χ4n) is 3.38. The highest BCUT2D eigenvalue weighted by molar-refractivity contribution is 6.31. The summed E-state index contributed by atoms with van der Waals surface area (Å²) in [6.07, 6.45) is 5.88. The number of benzene rings is 1. The van der Waals surface area contributed by atoms with Gasteiger partial charge < -0.3 is 9.52 Å². The van der Waals surface area contributed by atoms with Crippen LogP contribution in [-0.4, -0.2) is 15.3 Å². The van der Waals surface area contributed by atoms with Crippen molar-refractivity contribution in [3.05, 3.63) is 59.3 Å². The molecule has 2 heterocycles. The van der Waals surface area contributed by atoms with E-state index in [-0.39, 0.29) is 0 Å². The third kappa shape index (κ3) is 2.37. The molecule has 0 spiro atoms. The van der Waals surface area contributed by atoms with E-state index in [1.54, 1.807) is 25.4 Å². The van der Waals surface area contributed by atoms with Gasteiger partial charge in [0.25, 0.3) is 5.69 Å². The van der Waals surface area contributed by atoms with Crippen molar-refractivity contribution in [2.45, 2.75) is 25.4 Å². The molecule has 2 N–H and O–H groups in total. The van der Waals surface area contributed by atoms with Gasteiger partial charge in [-0.2, -0.15) is 0 Å². The molecule has 3 aromatic rings. The normalized spacial score (nSPS) is 19.5. The summed E-state index contributed by atoms with van der Waals surface area (Å²) in [4.78, 5) is 3.96. The lowest BCUT2D eigenvalue weighted by atomic mass is 9.97. The number of aryl methyl sites for hydroxylation is 1. The van der Waals surface area contributed by atoms with E-state index in [2.05, 4.69) is 4.98 Å². The Morgan fingerprint density at radius 1 is 1.29 bits per heavy atom. The van der Waals surface area contributed by atoms with Crippen LogP contribution in [0.4, 0.5) is 0 Å². The smallest absolute Gasteiger partial charge is 0.268 e. The Morgan fingerprint density at radius 2 is 2.12 bits per heavy atom. The molecule has 1 aliphatic carbocycles. The highest BCUT2D eigenvalue weighted by Crippen LogP contribution is 2.38. The highest BCUT2D eigenvalue weighted by atomic mass is 35.5. The van der Waals surface area contributed by atoms with Gasteiger partial charge in [0, 0.05) is 26.4 Å². The first-order chi connectivity index (χ1) is 11.5. The Hall–Kier alpha value is -2.37. The second kappa shape index (κ2) is 5.33. The summed E-state index contributed by atoms with van der Waals surface area (Å²) in [5.41, 5.74) is 2.89. The van der Waals surface area contributed by atoms with Crippen LogP contribution in [0.3, 0.4) is 0 Å². The number of aromatic nitrogens is 2. The molecule has 0 aliphatic heterocycles. The van der Waals surface area contributed by atoms with E-state index in [0.717, 1.165) is 27.0 Å². The summed E-state index contributed by atoms with van der Waals surface area (Å²) < 4.78 is 6.43. The van der Waals surface area contributed by atoms with Gasteiger partial charge in [-0.05, 0) is 44.0 Å². The minimum Gasteiger partial charge on any atom is -0.443 e. The predicted molar refractivity (Wildman–Crippen MR) is 87.7 cm³/mol. The van der Waals surface area contributed by atoms with Crippen molar-refractivity contribution in [1.82, 2.24) is 4.98 Å². The van der Waals surface area contributed by atoms with Gasteiger partial charge in [0.05, 0.1) is 11.8 Å². The monoisotopic (exact) mass is 343 g/mol. The van der Waals surface area contributed by atoms with Crippen LogP contribution in [0.5, 0.6) is 0 Å². The molecule has 0 fully saturated rings. The summed E-state index contributed by atoms with van der Waals surface area (Å²) in [6, 6.07) is 7.46. The van der Waals surface area contributed by atoms with Crippen molar-refractivity contribution in [3.8, 4) is 22.5 Å². The van der Waals surface area contributed by atoms with Gasteiger partial charge in [0.1, 0.15) is 0 Å². The fourth-order valence-corrected chi connectivity index (χ4v) is 3.55. The first-order valence-corrected chi connectivity index (χ1v) is 8.03. The Morgan fingerprint density at radius 3 is 2.88 bits per heavy atom. The first-order valence-electron chi connectivity index (χ1n) is 7.65. The van der Waals surface area contributed by atoms with Crippen LogP contribution in [-0.2, 0) is 12.0 Å². The van der Waals surface area contributed by atoms with Crippen LogP contribution in [0.15, 0.2) is 47.5 Å². The summed E-state index contributed by atoms with van der Waals surface area (Å²) in [5, 5.41) is 21.4. The van der Waals surface area contributed by atoms with E-state index in [4.69, 9.17) is 16.0 Å². The van der Waals surface area contributed by atoms with Gasteiger partial charge in [-0.15, -0.1) is 0 Å². The number of hydrogen-bond acceptors (Lipinski definition) is 4. The molecule has 2 aromatic heterocycles. The van der Waals surface area contributed by atoms with E-state index >= 15 is 0 Å². The average Bonchev–Trinajstić information content (AvgIpc) is 3.15. The number of hydrogen-bond donors (Lipinski definition) is 2. The molecule has 1 unspecified atom stereocenters. The van der Waals surface area contributed by atoms with Crippen molar-refractivity contribution in [2.75, 3.05) is 0 Å². The molecule has 1 aliphatic rings. The summed E-state index contributed by atoms with van der Waals surface area (Å²) in [7, 11) is 0. The third-order valence-electron chi connectivity index (χ3n) is 4.51. The van der Waals surface area contributed by atoms with E-state index in [1.807, 2.05) is 18.2 Å². The van der Waals surface area contributed by atoms with Crippen LogP contribution in [0, 0.1) is 0 Å². The quantitative estimate of drug-likeness (QED) is 0.553. The molecule has 0 radical (unpaired) electrons. The molecule has 1 aromatic carbocycles. The van der Waals surface area contributed by atoms with Crippen LogP contribution >= 0.6 is 11.6 Å². The van der Waals surface area contributed by atoms with E-state index < -0.39 is 5.60 Å². The molecule has 5 nitrogen and oxygen atoms in total. The number of aliphatic hydroxyl groups is 1. The zero-order valence-corrected chi connectivity index (χ0v) is 13.8. The average molecular weight is 344 g/mol. The Labute approximate surface area is 143 Å². The van der Waals surface area contributed by atoms with E-state index in [1.165, 1.54) is 6.39 Å². The van der Waals surface area contributed by atoms with Crippen molar-refractivity contribution in [3.63, 3.8) is 0 Å². The fraction of sp³-hybridized carbons (Fsp3) is 0.222. The maximum atomic E-state index is 10.4. The second-order valence-electron chi connectivity index (χ2n) is 6.28. The molecule has 0 saturated carbocycles. The summed E-state index contributed by atoms with van der Waals surface area (Å²) in [5.74, 6) is 0.624. The number of rotatable bonds is 2. The Kier molecular flexibility index (Phi) is 3.37. The van der Waals surface area contributed by atoms with Crippen LogP contribution in [0.2, 0.25) is 5.02 Å². The zero-order chi connectivity index (χ0) is 16.9. The predicted octanol–water partition coefficient (Wildman–Crippen LogP) is 3.34. The molecule has 122 valence electrons. The molecule has 0 bridgehead atoms. The summed E-state index contributed by atoms with van der Waals surface area (Å²) in [6.45, 7) is 1.71.